The zero-order chi connectivity index (χ0) is 16.4. The molecule has 5 heteroatoms. The Morgan fingerprint density at radius 1 is 1.09 bits per heavy atom. The van der Waals surface area contributed by atoms with Crippen LogP contribution in [0.2, 0.25) is 0 Å². The zero-order valence-electron chi connectivity index (χ0n) is 13.9. The average Bonchev–Trinajstić information content (AvgIpc) is 2.98. The molecule has 1 aliphatic rings. The smallest absolute Gasteiger partial charge is 0.148 e. The molecule has 2 heterocycles. The molecule has 0 bridgehead atoms. The first-order valence-electron chi connectivity index (χ1n) is 8.03. The minimum absolute atomic E-state index is 0.203. The van der Waals surface area contributed by atoms with Gasteiger partial charge in [-0.2, -0.15) is 0 Å². The van der Waals surface area contributed by atoms with Crippen molar-refractivity contribution in [3.8, 4) is 11.3 Å². The van der Waals surface area contributed by atoms with Crippen molar-refractivity contribution in [3.63, 3.8) is 0 Å². The molecule has 1 aromatic carbocycles. The fraction of sp³-hybridized carbons (Fsp3) is 0.444. The number of hydrogen-bond donors (Lipinski definition) is 1. The van der Waals surface area contributed by atoms with E-state index in [0.29, 0.717) is 6.04 Å². The maximum Gasteiger partial charge on any atom is 0.148 e. The lowest BCUT2D eigenvalue weighted by Gasteiger charge is -2.31. The third-order valence-electron chi connectivity index (χ3n) is 4.29. The Labute approximate surface area is 136 Å². The van der Waals surface area contributed by atoms with Crippen LogP contribution < -0.4 is 5.32 Å². The van der Waals surface area contributed by atoms with E-state index in [1.165, 1.54) is 12.1 Å². The summed E-state index contributed by atoms with van der Waals surface area (Å²) in [6.45, 7) is 8.85. The number of nitrogens with zero attached hydrogens (tertiary/aromatic N) is 3. The number of halogens is 1. The number of hydrogen-bond acceptors (Lipinski definition) is 4. The molecule has 1 aromatic heterocycles. The lowest BCUT2D eigenvalue weighted by Crippen LogP contribution is -2.40. The van der Waals surface area contributed by atoms with Gasteiger partial charge >= 0.3 is 0 Å². The number of rotatable bonds is 3. The second-order valence-corrected chi connectivity index (χ2v) is 7.06. The first-order valence-corrected chi connectivity index (χ1v) is 8.03. The van der Waals surface area contributed by atoms with Crippen molar-refractivity contribution in [2.75, 3.05) is 18.4 Å². The topological polar surface area (TPSA) is 41.0 Å². The molecule has 0 saturated carbocycles. The summed E-state index contributed by atoms with van der Waals surface area (Å²) in [6.07, 6.45) is 1.11. The largest absolute Gasteiger partial charge is 0.365 e. The van der Waals surface area contributed by atoms with Gasteiger partial charge in [0.25, 0.3) is 0 Å². The molecule has 23 heavy (non-hydrogen) atoms. The summed E-state index contributed by atoms with van der Waals surface area (Å²) in [5, 5.41) is 12.0. The van der Waals surface area contributed by atoms with Gasteiger partial charge in [-0.15, -0.1) is 10.2 Å². The molecule has 0 spiro atoms. The Hall–Kier alpha value is -2.01. The summed E-state index contributed by atoms with van der Waals surface area (Å²) < 4.78 is 13.0. The van der Waals surface area contributed by atoms with Gasteiger partial charge in [-0.1, -0.05) is 0 Å². The van der Waals surface area contributed by atoms with Crippen molar-refractivity contribution < 1.29 is 4.39 Å². The van der Waals surface area contributed by atoms with Crippen LogP contribution in [-0.4, -0.2) is 39.8 Å². The van der Waals surface area contributed by atoms with Crippen LogP contribution in [0.1, 0.15) is 27.2 Å². The Balaban J connectivity index is 1.63. The molecule has 0 radical (unpaired) electrons. The quantitative estimate of drug-likeness (QED) is 0.940. The Morgan fingerprint density at radius 3 is 2.39 bits per heavy atom. The van der Waals surface area contributed by atoms with Crippen molar-refractivity contribution in [2.45, 2.75) is 38.8 Å². The van der Waals surface area contributed by atoms with E-state index in [2.05, 4.69) is 41.2 Å². The van der Waals surface area contributed by atoms with Gasteiger partial charge < -0.3 is 5.32 Å². The first kappa shape index (κ1) is 15.9. The number of benzene rings is 1. The highest BCUT2D eigenvalue weighted by molar-refractivity contribution is 5.59. The lowest BCUT2D eigenvalue weighted by atomic mass is 10.1. The number of nitrogens with one attached hydrogen (secondary N) is 1. The molecule has 4 nitrogen and oxygen atoms in total. The predicted octanol–water partition coefficient (Wildman–Crippen LogP) is 3.57. The van der Waals surface area contributed by atoms with Crippen LogP contribution in [0.5, 0.6) is 0 Å². The van der Waals surface area contributed by atoms with Crippen molar-refractivity contribution in [1.29, 1.82) is 0 Å². The van der Waals surface area contributed by atoms with Crippen LogP contribution in [0.25, 0.3) is 11.3 Å². The molecule has 1 fully saturated rings. The third-order valence-corrected chi connectivity index (χ3v) is 4.29. The van der Waals surface area contributed by atoms with Gasteiger partial charge in [0, 0.05) is 30.2 Å². The van der Waals surface area contributed by atoms with Crippen LogP contribution in [-0.2, 0) is 0 Å². The van der Waals surface area contributed by atoms with Crippen LogP contribution in [0, 0.1) is 5.82 Å². The molecule has 3 rings (SSSR count). The first-order chi connectivity index (χ1) is 10.9. The van der Waals surface area contributed by atoms with Crippen molar-refractivity contribution >= 4 is 5.82 Å². The minimum atomic E-state index is -0.246. The summed E-state index contributed by atoms with van der Waals surface area (Å²) >= 11 is 0. The van der Waals surface area contributed by atoms with Crippen molar-refractivity contribution in [3.05, 3.63) is 42.2 Å². The van der Waals surface area contributed by atoms with Gasteiger partial charge in [0.1, 0.15) is 11.6 Å². The third kappa shape index (κ3) is 3.85. The van der Waals surface area contributed by atoms with Crippen LogP contribution in [0.3, 0.4) is 0 Å². The molecule has 1 aliphatic heterocycles. The van der Waals surface area contributed by atoms with Gasteiger partial charge in [0.15, 0.2) is 0 Å². The summed E-state index contributed by atoms with van der Waals surface area (Å²) in [4.78, 5) is 2.48. The standard InChI is InChI=1S/C18H23FN4/c1-18(2,3)23-11-10-15(12-23)20-17-9-8-16(21-22-17)13-4-6-14(19)7-5-13/h4-9,15H,10-12H2,1-3H3,(H,20,22). The fourth-order valence-electron chi connectivity index (χ4n) is 2.88. The maximum atomic E-state index is 13.0. The highest BCUT2D eigenvalue weighted by Gasteiger charge is 2.30. The normalized spacial score (nSPS) is 19.0. The number of anilines is 1. The highest BCUT2D eigenvalue weighted by Crippen LogP contribution is 2.23. The van der Waals surface area contributed by atoms with Gasteiger partial charge in [-0.3, -0.25) is 4.90 Å². The van der Waals surface area contributed by atoms with Gasteiger partial charge in [0.05, 0.1) is 5.69 Å². The Kier molecular flexibility index (Phi) is 4.31. The summed E-state index contributed by atoms with van der Waals surface area (Å²) in [5.41, 5.74) is 1.82. The van der Waals surface area contributed by atoms with E-state index in [1.807, 2.05) is 12.1 Å². The molecule has 1 atom stereocenters. The maximum absolute atomic E-state index is 13.0. The van der Waals surface area contributed by atoms with E-state index in [0.717, 1.165) is 36.6 Å². The van der Waals surface area contributed by atoms with E-state index in [9.17, 15) is 4.39 Å². The van der Waals surface area contributed by atoms with Gasteiger partial charge in [-0.05, 0) is 63.6 Å². The molecule has 122 valence electrons. The lowest BCUT2D eigenvalue weighted by molar-refractivity contribution is 0.174. The van der Waals surface area contributed by atoms with E-state index in [1.54, 1.807) is 12.1 Å². The molecule has 1 saturated heterocycles. The summed E-state index contributed by atoms with van der Waals surface area (Å²) in [6, 6.07) is 10.5. The minimum Gasteiger partial charge on any atom is -0.365 e. The fourth-order valence-corrected chi connectivity index (χ4v) is 2.88. The predicted molar refractivity (Wildman–Crippen MR) is 90.8 cm³/mol. The van der Waals surface area contributed by atoms with Crippen molar-refractivity contribution in [1.82, 2.24) is 15.1 Å². The van der Waals surface area contributed by atoms with Crippen molar-refractivity contribution in [2.24, 2.45) is 0 Å². The monoisotopic (exact) mass is 314 g/mol. The molecule has 2 aromatic rings. The van der Waals surface area contributed by atoms with E-state index < -0.39 is 0 Å². The van der Waals surface area contributed by atoms with E-state index in [-0.39, 0.29) is 11.4 Å². The summed E-state index contributed by atoms with van der Waals surface area (Å²) in [7, 11) is 0. The van der Waals surface area contributed by atoms with Crippen LogP contribution in [0.15, 0.2) is 36.4 Å². The zero-order valence-corrected chi connectivity index (χ0v) is 13.9. The number of likely N-dealkylation sites (tertiary alicyclic amines) is 1. The molecular formula is C18H23FN4. The Bertz CT molecular complexity index is 646. The molecule has 0 aliphatic carbocycles. The summed E-state index contributed by atoms with van der Waals surface area (Å²) in [5.74, 6) is 0.543. The average molecular weight is 314 g/mol. The van der Waals surface area contributed by atoms with Crippen LogP contribution in [0.4, 0.5) is 10.2 Å². The Morgan fingerprint density at radius 2 is 1.83 bits per heavy atom. The van der Waals surface area contributed by atoms with E-state index in [4.69, 9.17) is 0 Å². The molecule has 1 unspecified atom stereocenters. The van der Waals surface area contributed by atoms with Crippen LogP contribution >= 0.6 is 0 Å². The second kappa shape index (κ2) is 6.24. The highest BCUT2D eigenvalue weighted by atomic mass is 19.1. The number of aromatic nitrogens is 2. The second-order valence-electron chi connectivity index (χ2n) is 7.06. The molecule has 0 amide bonds. The van der Waals surface area contributed by atoms with Gasteiger partial charge in [0.2, 0.25) is 0 Å². The van der Waals surface area contributed by atoms with Gasteiger partial charge in [-0.25, -0.2) is 4.39 Å². The molecular weight excluding hydrogens is 291 g/mol. The van der Waals surface area contributed by atoms with E-state index >= 15 is 0 Å². The molecule has 1 N–H and O–H groups in total. The SMILES string of the molecule is CC(C)(C)N1CCC(Nc2ccc(-c3ccc(F)cc3)nn2)C1.